The fourth-order valence-corrected chi connectivity index (χ4v) is 4.52. The number of amides is 2. The van der Waals surface area contributed by atoms with E-state index in [1.165, 1.54) is 5.56 Å². The van der Waals surface area contributed by atoms with Crippen LogP contribution in [0.15, 0.2) is 18.2 Å². The lowest BCUT2D eigenvalue weighted by atomic mass is 9.84. The Bertz CT molecular complexity index is 701. The molecule has 2 aliphatic rings. The number of hydrogen-bond acceptors (Lipinski definition) is 3. The first-order chi connectivity index (χ1) is 12.9. The molecule has 2 aliphatic carbocycles. The van der Waals surface area contributed by atoms with Gasteiger partial charge in [-0.1, -0.05) is 25.3 Å². The Morgan fingerprint density at radius 3 is 2.43 bits per heavy atom. The Kier molecular flexibility index (Phi) is 7.90. The van der Waals surface area contributed by atoms with E-state index in [-0.39, 0.29) is 36.2 Å². The topological polar surface area (TPSA) is 84.2 Å². The number of anilines is 1. The van der Waals surface area contributed by atoms with Gasteiger partial charge in [0.25, 0.3) is 0 Å². The molecule has 2 atom stereocenters. The monoisotopic (exact) mass is 407 g/mol. The van der Waals surface area contributed by atoms with Crippen molar-refractivity contribution in [3.63, 3.8) is 0 Å². The van der Waals surface area contributed by atoms with Crippen LogP contribution >= 0.6 is 12.4 Å². The lowest BCUT2D eigenvalue weighted by Gasteiger charge is -2.28. The van der Waals surface area contributed by atoms with Crippen molar-refractivity contribution in [3.8, 4) is 0 Å². The maximum atomic E-state index is 13.1. The lowest BCUT2D eigenvalue weighted by Crippen LogP contribution is -2.44. The molecule has 0 bridgehead atoms. The summed E-state index contributed by atoms with van der Waals surface area (Å²) >= 11 is 0. The van der Waals surface area contributed by atoms with Crippen LogP contribution in [0.3, 0.4) is 0 Å². The highest BCUT2D eigenvalue weighted by atomic mass is 35.5. The Morgan fingerprint density at radius 2 is 1.82 bits per heavy atom. The lowest BCUT2D eigenvalue weighted by molar-refractivity contribution is -0.127. The maximum Gasteiger partial charge on any atom is 0.232 e. The summed E-state index contributed by atoms with van der Waals surface area (Å²) < 4.78 is 0. The van der Waals surface area contributed by atoms with Gasteiger partial charge in [0, 0.05) is 24.7 Å². The van der Waals surface area contributed by atoms with Gasteiger partial charge in [-0.05, 0) is 68.7 Å². The van der Waals surface area contributed by atoms with Gasteiger partial charge in [0.15, 0.2) is 0 Å². The van der Waals surface area contributed by atoms with Crippen LogP contribution in [0.4, 0.5) is 5.69 Å². The number of hydrogen-bond donors (Lipinski definition) is 3. The average Bonchev–Trinajstić information content (AvgIpc) is 3.27. The molecule has 0 aliphatic heterocycles. The van der Waals surface area contributed by atoms with Crippen molar-refractivity contribution in [3.05, 3.63) is 29.3 Å². The van der Waals surface area contributed by atoms with Gasteiger partial charge in [-0.3, -0.25) is 9.59 Å². The van der Waals surface area contributed by atoms with Gasteiger partial charge < -0.3 is 16.4 Å². The molecule has 0 radical (unpaired) electrons. The Labute approximate surface area is 174 Å². The highest BCUT2D eigenvalue weighted by Gasteiger charge is 2.41. The molecule has 0 unspecified atom stereocenters. The molecule has 2 amide bonds. The number of carbonyl (C=O) groups excluding carboxylic acids is 2. The number of nitrogens with one attached hydrogen (secondary N) is 2. The van der Waals surface area contributed by atoms with E-state index >= 15 is 0 Å². The first-order valence-electron chi connectivity index (χ1n) is 10.3. The van der Waals surface area contributed by atoms with Gasteiger partial charge in [0.1, 0.15) is 0 Å². The summed E-state index contributed by atoms with van der Waals surface area (Å²) in [4.78, 5) is 25.5. The van der Waals surface area contributed by atoms with E-state index in [2.05, 4.69) is 17.6 Å². The molecule has 2 fully saturated rings. The average molecular weight is 408 g/mol. The number of carbonyl (C=O) groups is 2. The smallest absolute Gasteiger partial charge is 0.232 e. The number of halogens is 1. The van der Waals surface area contributed by atoms with E-state index in [0.717, 1.165) is 56.2 Å². The van der Waals surface area contributed by atoms with E-state index in [1.54, 1.807) is 0 Å². The van der Waals surface area contributed by atoms with Crippen molar-refractivity contribution in [2.75, 3.05) is 11.9 Å². The second kappa shape index (κ2) is 9.75. The zero-order chi connectivity index (χ0) is 19.4. The fraction of sp³-hybridized carbons (Fsp3) is 0.636. The quantitative estimate of drug-likeness (QED) is 0.669. The summed E-state index contributed by atoms with van der Waals surface area (Å²) in [6.45, 7) is 4.53. The predicted octanol–water partition coefficient (Wildman–Crippen LogP) is 3.86. The summed E-state index contributed by atoms with van der Waals surface area (Å²) in [6, 6.07) is 6.13. The third kappa shape index (κ3) is 5.26. The minimum Gasteiger partial charge on any atom is -0.355 e. The number of benzene rings is 1. The van der Waals surface area contributed by atoms with Gasteiger partial charge in [0.05, 0.1) is 5.41 Å². The van der Waals surface area contributed by atoms with Crippen LogP contribution in [0, 0.1) is 25.2 Å². The van der Waals surface area contributed by atoms with E-state index in [9.17, 15) is 9.59 Å². The molecule has 2 saturated carbocycles. The Hall–Kier alpha value is -1.59. The predicted molar refractivity (Wildman–Crippen MR) is 116 cm³/mol. The number of aryl methyl sites for hydroxylation is 2. The molecule has 3 rings (SSSR count). The molecule has 156 valence electrons. The first kappa shape index (κ1) is 22.7. The third-order valence-electron chi connectivity index (χ3n) is 6.60. The normalized spacial score (nSPS) is 23.1. The standard InChI is InChI=1S/C22H33N3O2.ClH/c1-15-8-9-18(12-16(15)2)25-21(27)22(10-3-4-11-22)14-24-20(26)13-17-6-5-7-19(17)23;/h8-9,12,17,19H,3-7,10-11,13-14,23H2,1-2H3,(H,24,26)(H,25,27);1H/t17-,19+;/m0./s1. The molecule has 0 heterocycles. The van der Waals surface area contributed by atoms with E-state index in [0.29, 0.717) is 13.0 Å². The summed E-state index contributed by atoms with van der Waals surface area (Å²) in [5.74, 6) is 0.345. The van der Waals surface area contributed by atoms with Crippen LogP contribution in [-0.4, -0.2) is 24.4 Å². The van der Waals surface area contributed by atoms with E-state index < -0.39 is 5.41 Å². The molecule has 28 heavy (non-hydrogen) atoms. The molecule has 0 saturated heterocycles. The van der Waals surface area contributed by atoms with E-state index in [1.807, 2.05) is 25.1 Å². The van der Waals surface area contributed by atoms with Gasteiger partial charge in [0.2, 0.25) is 11.8 Å². The highest BCUT2D eigenvalue weighted by molar-refractivity contribution is 5.96. The maximum absolute atomic E-state index is 13.1. The van der Waals surface area contributed by atoms with Gasteiger partial charge in [-0.25, -0.2) is 0 Å². The molecule has 1 aromatic carbocycles. The van der Waals surface area contributed by atoms with Gasteiger partial charge >= 0.3 is 0 Å². The van der Waals surface area contributed by atoms with Crippen molar-refractivity contribution in [1.82, 2.24) is 5.32 Å². The molecule has 5 nitrogen and oxygen atoms in total. The van der Waals surface area contributed by atoms with E-state index in [4.69, 9.17) is 5.73 Å². The third-order valence-corrected chi connectivity index (χ3v) is 6.60. The zero-order valence-electron chi connectivity index (χ0n) is 17.1. The minimum atomic E-state index is -0.494. The Balaban J connectivity index is 0.00000280. The molecule has 4 N–H and O–H groups in total. The van der Waals surface area contributed by atoms with Crippen LogP contribution in [0.25, 0.3) is 0 Å². The summed E-state index contributed by atoms with van der Waals surface area (Å²) in [5.41, 5.74) is 8.79. The van der Waals surface area contributed by atoms with Crippen LogP contribution in [0.1, 0.15) is 62.5 Å². The van der Waals surface area contributed by atoms with Crippen LogP contribution in [-0.2, 0) is 9.59 Å². The highest BCUT2D eigenvalue weighted by Crippen LogP contribution is 2.39. The largest absolute Gasteiger partial charge is 0.355 e. The molecule has 0 spiro atoms. The SMILES string of the molecule is Cc1ccc(NC(=O)C2(CNC(=O)C[C@@H]3CCC[C@H]3N)CCCC2)cc1C.Cl. The van der Waals surface area contributed by atoms with Gasteiger partial charge in [-0.2, -0.15) is 0 Å². The second-order valence-corrected chi connectivity index (χ2v) is 8.58. The Morgan fingerprint density at radius 1 is 1.11 bits per heavy atom. The molecule has 0 aromatic heterocycles. The summed E-state index contributed by atoms with van der Waals surface area (Å²) in [6.07, 6.45) is 7.36. The zero-order valence-corrected chi connectivity index (χ0v) is 17.9. The fourth-order valence-electron chi connectivity index (χ4n) is 4.52. The van der Waals surface area contributed by atoms with Crippen LogP contribution < -0.4 is 16.4 Å². The molecular weight excluding hydrogens is 374 g/mol. The molecule has 1 aromatic rings. The summed E-state index contributed by atoms with van der Waals surface area (Å²) in [7, 11) is 0. The van der Waals surface area contributed by atoms with Crippen LogP contribution in [0.5, 0.6) is 0 Å². The van der Waals surface area contributed by atoms with Crippen molar-refractivity contribution in [2.45, 2.75) is 71.3 Å². The number of rotatable bonds is 6. The second-order valence-electron chi connectivity index (χ2n) is 8.58. The molecular formula is C22H34ClN3O2. The van der Waals surface area contributed by atoms with Crippen molar-refractivity contribution >= 4 is 29.9 Å². The van der Waals surface area contributed by atoms with Crippen molar-refractivity contribution in [2.24, 2.45) is 17.1 Å². The van der Waals surface area contributed by atoms with Crippen LogP contribution in [0.2, 0.25) is 0 Å². The minimum absolute atomic E-state index is 0. The number of nitrogens with two attached hydrogens (primary N) is 1. The van der Waals surface area contributed by atoms with Crippen molar-refractivity contribution < 1.29 is 9.59 Å². The molecule has 6 heteroatoms. The summed E-state index contributed by atoms with van der Waals surface area (Å²) in [5, 5.41) is 6.13. The van der Waals surface area contributed by atoms with Crippen molar-refractivity contribution in [1.29, 1.82) is 0 Å². The van der Waals surface area contributed by atoms with Gasteiger partial charge in [-0.15, -0.1) is 12.4 Å². The first-order valence-corrected chi connectivity index (χ1v) is 10.3.